The Balaban J connectivity index is 1.95. The number of nitrogens with zero attached hydrogens (tertiary/aromatic N) is 2. The monoisotopic (exact) mass is 279 g/mol. The topological polar surface area (TPSA) is 29.9 Å². The van der Waals surface area contributed by atoms with Gasteiger partial charge in [0.2, 0.25) is 0 Å². The Kier molecular flexibility index (Phi) is 4.20. The minimum atomic E-state index is 1.06. The predicted molar refractivity (Wildman–Crippen MR) is 88.4 cm³/mol. The normalized spacial score (nSPS) is 10.9. The van der Waals surface area contributed by atoms with Gasteiger partial charge >= 0.3 is 0 Å². The van der Waals surface area contributed by atoms with Crippen LogP contribution in [0.15, 0.2) is 54.9 Å². The number of aromatic nitrogens is 2. The molecule has 3 aromatic rings. The lowest BCUT2D eigenvalue weighted by molar-refractivity contribution is 0.695. The van der Waals surface area contributed by atoms with Crippen molar-refractivity contribution in [2.45, 2.75) is 32.6 Å². The number of rotatable bonds is 6. The Labute approximate surface area is 125 Å². The highest BCUT2D eigenvalue weighted by Crippen LogP contribution is 2.22. The van der Waals surface area contributed by atoms with Gasteiger partial charge in [0.1, 0.15) is 0 Å². The van der Waals surface area contributed by atoms with Crippen LogP contribution >= 0.6 is 0 Å². The third-order valence-electron chi connectivity index (χ3n) is 3.74. The number of hydrogen-bond acceptors (Lipinski definition) is 2. The van der Waals surface area contributed by atoms with Gasteiger partial charge in [0, 0.05) is 23.5 Å². The first-order valence-electron chi connectivity index (χ1n) is 7.65. The summed E-state index contributed by atoms with van der Waals surface area (Å²) in [5.74, 6) is 0. The summed E-state index contributed by atoms with van der Waals surface area (Å²) in [7, 11) is 0. The van der Waals surface area contributed by atoms with E-state index in [0.717, 1.165) is 12.1 Å². The number of aryl methyl sites for hydroxylation is 1. The fourth-order valence-electron chi connectivity index (χ4n) is 2.64. The Bertz CT molecular complexity index is 701. The number of benzene rings is 1. The van der Waals surface area contributed by atoms with Crippen LogP contribution in [-0.2, 0) is 6.42 Å². The highest BCUT2D eigenvalue weighted by atomic mass is 15.4. The molecule has 108 valence electrons. The van der Waals surface area contributed by atoms with Gasteiger partial charge in [-0.05, 0) is 37.1 Å². The van der Waals surface area contributed by atoms with Gasteiger partial charge in [0.15, 0.2) is 0 Å². The molecule has 1 N–H and O–H groups in total. The second-order valence-corrected chi connectivity index (χ2v) is 5.33. The lowest BCUT2D eigenvalue weighted by Crippen LogP contribution is -2.12. The van der Waals surface area contributed by atoms with Gasteiger partial charge in [-0.25, -0.2) is 0 Å². The fourth-order valence-corrected chi connectivity index (χ4v) is 2.64. The highest BCUT2D eigenvalue weighted by Gasteiger charge is 2.08. The van der Waals surface area contributed by atoms with Crippen LogP contribution in [0.5, 0.6) is 0 Å². The molecule has 0 saturated heterocycles. The summed E-state index contributed by atoms with van der Waals surface area (Å²) in [4.78, 5) is 4.07. The van der Waals surface area contributed by atoms with Crippen molar-refractivity contribution in [3.8, 4) is 0 Å². The van der Waals surface area contributed by atoms with E-state index in [1.165, 1.54) is 35.9 Å². The van der Waals surface area contributed by atoms with E-state index in [2.05, 4.69) is 52.3 Å². The van der Waals surface area contributed by atoms with Gasteiger partial charge in [0.25, 0.3) is 0 Å². The molecule has 0 spiro atoms. The average Bonchev–Trinajstić information content (AvgIpc) is 2.87. The fraction of sp³-hybridized carbons (Fsp3) is 0.278. The minimum Gasteiger partial charge on any atom is -0.294 e. The second-order valence-electron chi connectivity index (χ2n) is 5.33. The lowest BCUT2D eigenvalue weighted by Gasteiger charge is -2.13. The molecule has 3 rings (SSSR count). The third-order valence-corrected chi connectivity index (χ3v) is 3.74. The molecular formula is C18H21N3. The van der Waals surface area contributed by atoms with Crippen LogP contribution in [0.4, 0.5) is 5.69 Å². The summed E-state index contributed by atoms with van der Waals surface area (Å²) in [5.41, 5.74) is 7.12. The number of nitrogens with one attached hydrogen (secondary N) is 1. The molecule has 0 bridgehead atoms. The zero-order valence-electron chi connectivity index (χ0n) is 12.4. The van der Waals surface area contributed by atoms with Gasteiger partial charge in [-0.3, -0.25) is 15.1 Å². The molecule has 3 nitrogen and oxygen atoms in total. The first-order valence-corrected chi connectivity index (χ1v) is 7.65. The Morgan fingerprint density at radius 3 is 2.67 bits per heavy atom. The van der Waals surface area contributed by atoms with Crippen LogP contribution in [0.25, 0.3) is 10.9 Å². The molecule has 2 heterocycles. The summed E-state index contributed by atoms with van der Waals surface area (Å²) in [6.45, 7) is 2.24. The largest absolute Gasteiger partial charge is 0.294 e. The molecule has 0 radical (unpaired) electrons. The molecule has 21 heavy (non-hydrogen) atoms. The molecule has 0 aliphatic heterocycles. The van der Waals surface area contributed by atoms with Gasteiger partial charge in [-0.15, -0.1) is 0 Å². The Morgan fingerprint density at radius 2 is 1.86 bits per heavy atom. The minimum absolute atomic E-state index is 1.06. The number of unbranched alkanes of at least 4 members (excludes halogenated alkanes) is 2. The SMILES string of the molecule is CCCCCc1cc2ccccc2n1Nc1ccncc1. The van der Waals surface area contributed by atoms with E-state index in [0.29, 0.717) is 0 Å². The van der Waals surface area contributed by atoms with Gasteiger partial charge < -0.3 is 0 Å². The number of fused-ring (bicyclic) bond motifs is 1. The van der Waals surface area contributed by atoms with E-state index in [4.69, 9.17) is 0 Å². The molecule has 0 unspecified atom stereocenters. The number of para-hydroxylation sites is 1. The molecule has 3 heteroatoms. The molecular weight excluding hydrogens is 258 g/mol. The van der Waals surface area contributed by atoms with Crippen molar-refractivity contribution >= 4 is 16.6 Å². The first-order chi connectivity index (χ1) is 10.4. The molecule has 0 aliphatic carbocycles. The lowest BCUT2D eigenvalue weighted by atomic mass is 10.1. The van der Waals surface area contributed by atoms with Crippen LogP contribution < -0.4 is 5.43 Å². The second kappa shape index (κ2) is 6.44. The molecule has 0 amide bonds. The van der Waals surface area contributed by atoms with Crippen LogP contribution in [-0.4, -0.2) is 9.66 Å². The molecule has 0 fully saturated rings. The van der Waals surface area contributed by atoms with E-state index < -0.39 is 0 Å². The molecule has 2 aromatic heterocycles. The van der Waals surface area contributed by atoms with E-state index in [9.17, 15) is 0 Å². The summed E-state index contributed by atoms with van der Waals surface area (Å²) in [6.07, 6.45) is 8.47. The van der Waals surface area contributed by atoms with Gasteiger partial charge in [0.05, 0.1) is 11.2 Å². The van der Waals surface area contributed by atoms with E-state index in [1.54, 1.807) is 0 Å². The molecule has 0 saturated carbocycles. The van der Waals surface area contributed by atoms with Crippen molar-refractivity contribution in [3.05, 3.63) is 60.6 Å². The van der Waals surface area contributed by atoms with Crippen LogP contribution in [0.3, 0.4) is 0 Å². The zero-order chi connectivity index (χ0) is 14.5. The van der Waals surface area contributed by atoms with E-state index in [-0.39, 0.29) is 0 Å². The standard InChI is InChI=1S/C18H21N3/c1-2-3-4-8-17-14-15-7-5-6-9-18(15)21(17)20-16-10-12-19-13-11-16/h5-7,9-14H,2-4,8H2,1H3,(H,19,20). The highest BCUT2D eigenvalue weighted by molar-refractivity contribution is 5.82. The van der Waals surface area contributed by atoms with Crippen molar-refractivity contribution in [2.24, 2.45) is 0 Å². The van der Waals surface area contributed by atoms with Crippen molar-refractivity contribution in [1.82, 2.24) is 9.66 Å². The van der Waals surface area contributed by atoms with Crippen molar-refractivity contribution in [2.75, 3.05) is 5.43 Å². The van der Waals surface area contributed by atoms with Crippen molar-refractivity contribution in [3.63, 3.8) is 0 Å². The Hall–Kier alpha value is -2.29. The molecule has 0 aliphatic rings. The van der Waals surface area contributed by atoms with E-state index >= 15 is 0 Å². The third kappa shape index (κ3) is 3.07. The number of hydrogen-bond donors (Lipinski definition) is 1. The Morgan fingerprint density at radius 1 is 1.05 bits per heavy atom. The van der Waals surface area contributed by atoms with E-state index in [1.807, 2.05) is 24.5 Å². The zero-order valence-corrected chi connectivity index (χ0v) is 12.4. The summed E-state index contributed by atoms with van der Waals surface area (Å²) >= 11 is 0. The number of anilines is 1. The maximum atomic E-state index is 4.07. The van der Waals surface area contributed by atoms with Gasteiger partial charge in [-0.2, -0.15) is 0 Å². The summed E-state index contributed by atoms with van der Waals surface area (Å²) in [6, 6.07) is 14.8. The maximum Gasteiger partial charge on any atom is 0.0699 e. The summed E-state index contributed by atoms with van der Waals surface area (Å²) in [5, 5.41) is 1.28. The quantitative estimate of drug-likeness (QED) is 0.666. The molecule has 0 atom stereocenters. The summed E-state index contributed by atoms with van der Waals surface area (Å²) < 4.78 is 2.21. The van der Waals surface area contributed by atoms with Crippen molar-refractivity contribution < 1.29 is 0 Å². The smallest absolute Gasteiger partial charge is 0.0699 e. The van der Waals surface area contributed by atoms with Crippen molar-refractivity contribution in [1.29, 1.82) is 0 Å². The van der Waals surface area contributed by atoms with Crippen LogP contribution in [0, 0.1) is 0 Å². The molecule has 1 aromatic carbocycles. The van der Waals surface area contributed by atoms with Gasteiger partial charge in [-0.1, -0.05) is 38.0 Å². The average molecular weight is 279 g/mol. The van der Waals surface area contributed by atoms with Crippen LogP contribution in [0.2, 0.25) is 0 Å². The number of pyridine rings is 1. The first kappa shape index (κ1) is 13.7. The van der Waals surface area contributed by atoms with Crippen LogP contribution in [0.1, 0.15) is 31.9 Å². The maximum absolute atomic E-state index is 4.07. The predicted octanol–water partition coefficient (Wildman–Crippen LogP) is 4.64.